The van der Waals surface area contributed by atoms with Gasteiger partial charge in [0.15, 0.2) is 0 Å². The van der Waals surface area contributed by atoms with Crippen molar-refractivity contribution in [2.75, 3.05) is 0 Å². The third kappa shape index (κ3) is 10.1. The number of hydrogen-bond acceptors (Lipinski definition) is 6. The first-order chi connectivity index (χ1) is 11.1. The van der Waals surface area contributed by atoms with E-state index >= 15 is 0 Å². The van der Waals surface area contributed by atoms with Gasteiger partial charge >= 0.3 is 24.2 Å². The Labute approximate surface area is 138 Å². The Morgan fingerprint density at radius 3 is 2.33 bits per heavy atom. The summed E-state index contributed by atoms with van der Waals surface area (Å²) in [4.78, 5) is 47.7. The number of ether oxygens (including phenoxy) is 2. The number of alkyl carbamates (subject to hydrolysis) is 1. The summed E-state index contributed by atoms with van der Waals surface area (Å²) in [6.07, 6.45) is -1.98. The summed E-state index contributed by atoms with van der Waals surface area (Å²) in [6, 6.07) is -1.38. The first-order valence-corrected chi connectivity index (χ1v) is 7.25. The summed E-state index contributed by atoms with van der Waals surface area (Å²) < 4.78 is 9.57. The monoisotopic (exact) mass is 343 g/mol. The van der Waals surface area contributed by atoms with Crippen LogP contribution in [0.3, 0.4) is 0 Å². The molecule has 0 aromatic carbocycles. The molecule has 0 saturated heterocycles. The zero-order valence-electron chi connectivity index (χ0n) is 13.7. The van der Waals surface area contributed by atoms with E-state index in [0.717, 1.165) is 0 Å². The highest BCUT2D eigenvalue weighted by molar-refractivity contribution is 6.25. The standard InChI is InChI=1S/C14H21N3O7/c1-8(2)6-12(19)23-9(3)24-14(22)17-11(13(20)21)5-4-10(18)7-16-15/h7-9,11H,4-6H2,1-3H3,(H,17,22)(H,20,21). The minimum atomic E-state index is -1.38. The zero-order valence-corrected chi connectivity index (χ0v) is 13.7. The van der Waals surface area contributed by atoms with Crippen molar-refractivity contribution in [2.45, 2.75) is 52.4 Å². The van der Waals surface area contributed by atoms with Crippen molar-refractivity contribution < 1.29 is 38.5 Å². The lowest BCUT2D eigenvalue weighted by Gasteiger charge is -2.17. The second-order valence-corrected chi connectivity index (χ2v) is 5.35. The molecule has 10 nitrogen and oxygen atoms in total. The van der Waals surface area contributed by atoms with Crippen molar-refractivity contribution in [3.63, 3.8) is 0 Å². The summed E-state index contributed by atoms with van der Waals surface area (Å²) in [5.74, 6) is -2.44. The van der Waals surface area contributed by atoms with E-state index in [1.165, 1.54) is 6.92 Å². The number of nitrogens with zero attached hydrogens (tertiary/aromatic N) is 2. The fourth-order valence-electron chi connectivity index (χ4n) is 1.59. The lowest BCUT2D eigenvalue weighted by atomic mass is 10.1. The topological polar surface area (TPSA) is 155 Å². The summed E-state index contributed by atoms with van der Waals surface area (Å²) in [7, 11) is 0. The van der Waals surface area contributed by atoms with Crippen LogP contribution in [0.5, 0.6) is 0 Å². The summed E-state index contributed by atoms with van der Waals surface area (Å²) in [6.45, 7) is 4.95. The number of carboxylic acid groups (broad SMARTS) is 1. The number of carbonyl (C=O) groups is 4. The lowest BCUT2D eigenvalue weighted by molar-refractivity contribution is -0.166. The van der Waals surface area contributed by atoms with Crippen molar-refractivity contribution in [3.05, 3.63) is 5.53 Å². The van der Waals surface area contributed by atoms with E-state index < -0.39 is 36.1 Å². The largest absolute Gasteiger partial charge is 0.480 e. The molecule has 0 aliphatic heterocycles. The smallest absolute Gasteiger partial charge is 0.410 e. The Morgan fingerprint density at radius 1 is 1.21 bits per heavy atom. The molecule has 0 bridgehead atoms. The highest BCUT2D eigenvalue weighted by Gasteiger charge is 2.23. The number of ketones is 1. The Balaban J connectivity index is 4.41. The minimum Gasteiger partial charge on any atom is -0.480 e. The van der Waals surface area contributed by atoms with Crippen molar-refractivity contribution in [3.8, 4) is 0 Å². The van der Waals surface area contributed by atoms with Gasteiger partial charge in [-0.2, -0.15) is 4.79 Å². The number of Topliss-reactive ketones (excluding diaryl/α,β-unsaturated/α-hetero) is 1. The number of carbonyl (C=O) groups excluding carboxylic acids is 3. The van der Waals surface area contributed by atoms with E-state index in [9.17, 15) is 19.2 Å². The van der Waals surface area contributed by atoms with Crippen molar-refractivity contribution in [1.82, 2.24) is 5.32 Å². The second kappa shape index (κ2) is 10.9. The second-order valence-electron chi connectivity index (χ2n) is 5.35. The van der Waals surface area contributed by atoms with Crippen LogP contribution in [-0.2, 0) is 23.9 Å². The van der Waals surface area contributed by atoms with Crippen molar-refractivity contribution in [1.29, 1.82) is 0 Å². The van der Waals surface area contributed by atoms with E-state index in [4.69, 9.17) is 20.1 Å². The van der Waals surface area contributed by atoms with Crippen LogP contribution in [0.25, 0.3) is 5.53 Å². The van der Waals surface area contributed by atoms with Gasteiger partial charge in [0.1, 0.15) is 6.04 Å². The van der Waals surface area contributed by atoms with Gasteiger partial charge in [-0.3, -0.25) is 9.59 Å². The number of esters is 1. The molecule has 24 heavy (non-hydrogen) atoms. The fraction of sp³-hybridized carbons (Fsp3) is 0.643. The van der Waals surface area contributed by atoms with Gasteiger partial charge in [0.05, 0.1) is 0 Å². The molecule has 0 spiro atoms. The zero-order chi connectivity index (χ0) is 18.7. The molecule has 10 heteroatoms. The Morgan fingerprint density at radius 2 is 1.83 bits per heavy atom. The van der Waals surface area contributed by atoms with Crippen LogP contribution >= 0.6 is 0 Å². The van der Waals surface area contributed by atoms with E-state index in [0.29, 0.717) is 6.21 Å². The third-order valence-corrected chi connectivity index (χ3v) is 2.62. The quantitative estimate of drug-likeness (QED) is 0.195. The maximum atomic E-state index is 11.6. The Bertz CT molecular complexity index is 526. The summed E-state index contributed by atoms with van der Waals surface area (Å²) in [5.41, 5.74) is 8.18. The molecule has 2 unspecified atom stereocenters. The van der Waals surface area contributed by atoms with Gasteiger partial charge in [-0.1, -0.05) is 13.8 Å². The molecular weight excluding hydrogens is 322 g/mol. The van der Waals surface area contributed by atoms with Crippen molar-refractivity contribution >= 4 is 30.0 Å². The van der Waals surface area contributed by atoms with Crippen LogP contribution in [0.1, 0.15) is 40.0 Å². The van der Waals surface area contributed by atoms with Crippen LogP contribution in [-0.4, -0.2) is 52.3 Å². The van der Waals surface area contributed by atoms with Gasteiger partial charge < -0.3 is 25.4 Å². The molecule has 2 atom stereocenters. The predicted octanol–water partition coefficient (Wildman–Crippen LogP) is 0.751. The number of aliphatic carboxylic acids is 1. The molecule has 0 heterocycles. The van der Waals surface area contributed by atoms with E-state index in [2.05, 4.69) is 4.79 Å². The normalized spacial score (nSPS) is 12.5. The number of hydrogen-bond donors (Lipinski definition) is 2. The van der Waals surface area contributed by atoms with Gasteiger partial charge in [-0.15, -0.1) is 0 Å². The molecule has 0 rings (SSSR count). The number of carboxylic acids is 1. The fourth-order valence-corrected chi connectivity index (χ4v) is 1.59. The molecule has 0 aliphatic rings. The van der Waals surface area contributed by atoms with E-state index in [1.54, 1.807) is 0 Å². The summed E-state index contributed by atoms with van der Waals surface area (Å²) in [5, 5.41) is 11.0. The highest BCUT2D eigenvalue weighted by atomic mass is 16.7. The predicted molar refractivity (Wildman–Crippen MR) is 80.0 cm³/mol. The minimum absolute atomic E-state index is 0.0786. The Hall–Kier alpha value is -2.74. The molecule has 0 radical (unpaired) electrons. The van der Waals surface area contributed by atoms with Crippen LogP contribution in [0.2, 0.25) is 0 Å². The number of amides is 1. The average molecular weight is 343 g/mol. The summed E-state index contributed by atoms with van der Waals surface area (Å²) >= 11 is 0. The van der Waals surface area contributed by atoms with E-state index in [-0.39, 0.29) is 25.2 Å². The van der Waals surface area contributed by atoms with E-state index in [1.807, 2.05) is 19.2 Å². The average Bonchev–Trinajstić information content (AvgIpc) is 2.41. The third-order valence-electron chi connectivity index (χ3n) is 2.62. The molecular formula is C14H21N3O7. The molecule has 0 fully saturated rings. The molecule has 1 amide bonds. The molecule has 0 aromatic rings. The van der Waals surface area contributed by atoms with Crippen LogP contribution in [0, 0.1) is 5.92 Å². The van der Waals surface area contributed by atoms with Gasteiger partial charge in [-0.05, 0) is 12.3 Å². The molecule has 2 N–H and O–H groups in total. The SMILES string of the molecule is CC(C)CC(=O)OC(C)OC(=O)NC(CCC(=O)C=[N+]=[N-])C(=O)O. The van der Waals surface area contributed by atoms with Crippen LogP contribution in [0.15, 0.2) is 0 Å². The molecule has 0 aliphatic carbocycles. The molecule has 0 aromatic heterocycles. The van der Waals surface area contributed by atoms with Crippen LogP contribution in [0.4, 0.5) is 4.79 Å². The van der Waals surface area contributed by atoms with Gasteiger partial charge in [0, 0.05) is 19.8 Å². The van der Waals surface area contributed by atoms with Gasteiger partial charge in [0.2, 0.25) is 12.1 Å². The maximum absolute atomic E-state index is 11.6. The Kier molecular flexibility index (Phi) is 9.65. The molecule has 134 valence electrons. The highest BCUT2D eigenvalue weighted by Crippen LogP contribution is 2.05. The lowest BCUT2D eigenvalue weighted by Crippen LogP contribution is -2.42. The van der Waals surface area contributed by atoms with Gasteiger partial charge in [-0.25, -0.2) is 9.59 Å². The number of rotatable bonds is 10. The first kappa shape index (κ1) is 21.3. The maximum Gasteiger partial charge on any atom is 0.410 e. The van der Waals surface area contributed by atoms with Gasteiger partial charge in [0.25, 0.3) is 0 Å². The number of nitrogens with one attached hydrogen (secondary N) is 1. The van der Waals surface area contributed by atoms with Crippen LogP contribution < -0.4 is 5.32 Å². The molecule has 0 saturated carbocycles. The van der Waals surface area contributed by atoms with Crippen molar-refractivity contribution in [2.24, 2.45) is 5.92 Å². The first-order valence-electron chi connectivity index (χ1n) is 7.25.